The van der Waals surface area contributed by atoms with Gasteiger partial charge in [-0.15, -0.1) is 0 Å². The number of unbranched alkanes of at least 4 members (excludes halogenated alkanes) is 2. The fraction of sp³-hybridized carbons (Fsp3) is 0.250. The summed E-state index contributed by atoms with van der Waals surface area (Å²) in [5, 5.41) is 2.95. The lowest BCUT2D eigenvalue weighted by atomic mass is 10.1. The number of nitrogens with one attached hydrogen (secondary N) is 1. The van der Waals surface area contributed by atoms with Crippen LogP contribution >= 0.6 is 0 Å². The van der Waals surface area contributed by atoms with E-state index in [-0.39, 0.29) is 5.91 Å². The molecule has 2 nitrogen and oxygen atoms in total. The van der Waals surface area contributed by atoms with Crippen molar-refractivity contribution in [3.8, 4) is 11.8 Å². The Balaban J connectivity index is 2.04. The molecule has 0 spiro atoms. The minimum absolute atomic E-state index is 0.0794. The predicted molar refractivity (Wildman–Crippen MR) is 90.5 cm³/mol. The summed E-state index contributed by atoms with van der Waals surface area (Å²) >= 11 is 0. The van der Waals surface area contributed by atoms with Crippen LogP contribution in [0.5, 0.6) is 0 Å². The van der Waals surface area contributed by atoms with Gasteiger partial charge in [0.05, 0.1) is 5.56 Å². The predicted octanol–water partition coefficient (Wildman–Crippen LogP) is 4.16. The van der Waals surface area contributed by atoms with Crippen molar-refractivity contribution in [1.29, 1.82) is 0 Å². The van der Waals surface area contributed by atoms with Gasteiger partial charge < -0.3 is 5.32 Å². The van der Waals surface area contributed by atoms with Crippen molar-refractivity contribution in [2.24, 2.45) is 0 Å². The third-order valence-electron chi connectivity index (χ3n) is 3.35. The van der Waals surface area contributed by atoms with Gasteiger partial charge in [0, 0.05) is 18.5 Å². The molecule has 112 valence electrons. The largest absolute Gasteiger partial charge is 0.348 e. The molecule has 0 radical (unpaired) electrons. The van der Waals surface area contributed by atoms with Crippen LogP contribution in [0.2, 0.25) is 0 Å². The van der Waals surface area contributed by atoms with E-state index in [0.717, 1.165) is 30.4 Å². The summed E-state index contributed by atoms with van der Waals surface area (Å²) in [7, 11) is 0. The normalized spacial score (nSPS) is 9.68. The van der Waals surface area contributed by atoms with E-state index in [1.807, 2.05) is 54.6 Å². The zero-order valence-electron chi connectivity index (χ0n) is 12.9. The molecule has 0 aliphatic heterocycles. The molecule has 0 aliphatic carbocycles. The molecule has 0 fully saturated rings. The number of hydrogen-bond donors (Lipinski definition) is 1. The molecule has 1 amide bonds. The van der Waals surface area contributed by atoms with E-state index in [4.69, 9.17) is 0 Å². The van der Waals surface area contributed by atoms with Crippen LogP contribution in [0.3, 0.4) is 0 Å². The van der Waals surface area contributed by atoms with Crippen LogP contribution in [-0.2, 0) is 6.54 Å². The summed E-state index contributed by atoms with van der Waals surface area (Å²) in [6.45, 7) is 2.67. The van der Waals surface area contributed by atoms with Crippen molar-refractivity contribution in [3.05, 3.63) is 71.3 Å². The molecule has 0 heterocycles. The van der Waals surface area contributed by atoms with Crippen molar-refractivity contribution >= 4 is 5.91 Å². The number of carbonyl (C=O) groups is 1. The fourth-order valence-corrected chi connectivity index (χ4v) is 2.09. The van der Waals surface area contributed by atoms with Gasteiger partial charge in [-0.3, -0.25) is 4.79 Å². The van der Waals surface area contributed by atoms with Crippen LogP contribution in [0.25, 0.3) is 0 Å². The lowest BCUT2D eigenvalue weighted by Crippen LogP contribution is -2.23. The molecular formula is C20H21NO. The first-order valence-electron chi connectivity index (χ1n) is 7.71. The number of carbonyl (C=O) groups excluding carboxylic acids is 1. The van der Waals surface area contributed by atoms with E-state index >= 15 is 0 Å². The van der Waals surface area contributed by atoms with Crippen LogP contribution in [0.1, 0.15) is 47.7 Å². The van der Waals surface area contributed by atoms with Crippen LogP contribution in [0.15, 0.2) is 54.6 Å². The highest BCUT2D eigenvalue weighted by Gasteiger charge is 2.08. The highest BCUT2D eigenvalue weighted by molar-refractivity contribution is 5.96. The maximum atomic E-state index is 12.3. The van der Waals surface area contributed by atoms with Gasteiger partial charge in [0.25, 0.3) is 5.91 Å². The van der Waals surface area contributed by atoms with Crippen molar-refractivity contribution < 1.29 is 4.79 Å². The molecule has 2 aromatic rings. The minimum atomic E-state index is -0.0794. The molecule has 2 rings (SSSR count). The van der Waals surface area contributed by atoms with Gasteiger partial charge in [-0.05, 0) is 24.1 Å². The van der Waals surface area contributed by atoms with E-state index in [0.29, 0.717) is 12.1 Å². The summed E-state index contributed by atoms with van der Waals surface area (Å²) in [6, 6.07) is 17.4. The summed E-state index contributed by atoms with van der Waals surface area (Å²) in [5.74, 6) is 6.18. The molecule has 0 atom stereocenters. The molecule has 0 saturated carbocycles. The van der Waals surface area contributed by atoms with Gasteiger partial charge in [-0.1, -0.05) is 67.6 Å². The number of rotatable bonds is 5. The van der Waals surface area contributed by atoms with Crippen LogP contribution in [0.4, 0.5) is 0 Å². The van der Waals surface area contributed by atoms with Gasteiger partial charge in [-0.25, -0.2) is 0 Å². The molecule has 0 aromatic heterocycles. The van der Waals surface area contributed by atoms with Crippen molar-refractivity contribution in [2.75, 3.05) is 0 Å². The van der Waals surface area contributed by atoms with E-state index in [9.17, 15) is 4.79 Å². The topological polar surface area (TPSA) is 29.1 Å². The monoisotopic (exact) mass is 291 g/mol. The Morgan fingerprint density at radius 3 is 2.55 bits per heavy atom. The van der Waals surface area contributed by atoms with Gasteiger partial charge in [0.2, 0.25) is 0 Å². The van der Waals surface area contributed by atoms with Crippen LogP contribution in [0, 0.1) is 11.8 Å². The van der Waals surface area contributed by atoms with E-state index < -0.39 is 0 Å². The maximum absolute atomic E-state index is 12.3. The van der Waals surface area contributed by atoms with Gasteiger partial charge in [-0.2, -0.15) is 0 Å². The summed E-state index contributed by atoms with van der Waals surface area (Å²) in [6.07, 6.45) is 3.10. The lowest BCUT2D eigenvalue weighted by molar-refractivity contribution is 0.0950. The zero-order chi connectivity index (χ0) is 15.6. The number of amides is 1. The van der Waals surface area contributed by atoms with Crippen molar-refractivity contribution in [3.63, 3.8) is 0 Å². The molecular weight excluding hydrogens is 270 g/mol. The molecule has 2 heteroatoms. The highest BCUT2D eigenvalue weighted by Crippen LogP contribution is 2.08. The molecule has 0 unspecified atom stereocenters. The zero-order valence-corrected chi connectivity index (χ0v) is 12.9. The Morgan fingerprint density at radius 1 is 1.05 bits per heavy atom. The van der Waals surface area contributed by atoms with Gasteiger partial charge in [0.15, 0.2) is 0 Å². The third kappa shape index (κ3) is 4.79. The molecule has 0 bridgehead atoms. The standard InChI is InChI=1S/C20H21NO/c1-2-3-4-8-13-18-14-9-10-15-19(18)20(22)21-16-17-11-6-5-7-12-17/h5-7,9-12,14-15H,2-4,16H2,1H3,(H,21,22). The smallest absolute Gasteiger partial charge is 0.252 e. The van der Waals surface area contributed by atoms with Crippen molar-refractivity contribution in [1.82, 2.24) is 5.32 Å². The quantitative estimate of drug-likeness (QED) is 0.650. The molecule has 22 heavy (non-hydrogen) atoms. The summed E-state index contributed by atoms with van der Waals surface area (Å²) < 4.78 is 0. The van der Waals surface area contributed by atoms with E-state index in [1.165, 1.54) is 0 Å². The lowest BCUT2D eigenvalue weighted by Gasteiger charge is -2.07. The first-order chi connectivity index (χ1) is 10.8. The Bertz CT molecular complexity index is 665. The Kier molecular flexibility index (Phi) is 6.26. The number of hydrogen-bond acceptors (Lipinski definition) is 1. The first kappa shape index (κ1) is 15.9. The second-order valence-corrected chi connectivity index (χ2v) is 5.12. The summed E-state index contributed by atoms with van der Waals surface area (Å²) in [5.41, 5.74) is 2.52. The van der Waals surface area contributed by atoms with Crippen molar-refractivity contribution in [2.45, 2.75) is 32.7 Å². The second-order valence-electron chi connectivity index (χ2n) is 5.12. The minimum Gasteiger partial charge on any atom is -0.348 e. The SMILES string of the molecule is CCCCC#Cc1ccccc1C(=O)NCc1ccccc1. The van der Waals surface area contributed by atoms with E-state index in [1.54, 1.807) is 0 Å². The molecule has 0 saturated heterocycles. The van der Waals surface area contributed by atoms with Gasteiger partial charge in [0.1, 0.15) is 0 Å². The highest BCUT2D eigenvalue weighted by atomic mass is 16.1. The average Bonchev–Trinajstić information content (AvgIpc) is 2.58. The Hall–Kier alpha value is -2.53. The molecule has 2 aromatic carbocycles. The molecule has 0 aliphatic rings. The Labute approximate surface area is 132 Å². The first-order valence-corrected chi connectivity index (χ1v) is 7.71. The van der Waals surface area contributed by atoms with Gasteiger partial charge >= 0.3 is 0 Å². The van der Waals surface area contributed by atoms with Crippen LogP contribution in [-0.4, -0.2) is 5.91 Å². The molecule has 1 N–H and O–H groups in total. The summed E-state index contributed by atoms with van der Waals surface area (Å²) in [4.78, 5) is 12.3. The fourth-order valence-electron chi connectivity index (χ4n) is 2.09. The maximum Gasteiger partial charge on any atom is 0.252 e. The number of benzene rings is 2. The Morgan fingerprint density at radius 2 is 1.77 bits per heavy atom. The van der Waals surface area contributed by atoms with Crippen LogP contribution < -0.4 is 5.32 Å². The average molecular weight is 291 g/mol. The second kappa shape index (κ2) is 8.69. The van der Waals surface area contributed by atoms with E-state index in [2.05, 4.69) is 24.1 Å². The third-order valence-corrected chi connectivity index (χ3v) is 3.35.